The highest BCUT2D eigenvalue weighted by Gasteiger charge is 2.63. The maximum atomic E-state index is 12.8. The van der Waals surface area contributed by atoms with E-state index < -0.39 is 33.3 Å². The maximum absolute atomic E-state index is 12.8. The molecule has 0 saturated heterocycles. The third-order valence-electron chi connectivity index (χ3n) is 11.1. The maximum Gasteiger partial charge on any atom is 0.292 e. The number of hydrogen-bond acceptors (Lipinski definition) is 5. The fourth-order valence-corrected chi connectivity index (χ4v) is 13.5. The first-order chi connectivity index (χ1) is 20.3. The van der Waals surface area contributed by atoms with Crippen LogP contribution in [0, 0.1) is 34.5 Å². The lowest BCUT2D eigenvalue weighted by atomic mass is 9.48. The van der Waals surface area contributed by atoms with Crippen LogP contribution in [0.2, 0.25) is 78.6 Å². The van der Waals surface area contributed by atoms with Crippen LogP contribution < -0.4 is 0 Å². The highest BCUT2D eigenvalue weighted by molar-refractivity contribution is 6.71. The number of carbonyl (C=O) groups excluding carboxylic acids is 1. The van der Waals surface area contributed by atoms with Crippen molar-refractivity contribution in [2.24, 2.45) is 34.5 Å². The van der Waals surface area contributed by atoms with E-state index in [2.05, 4.69) is 105 Å². The molecule has 0 N–H and O–H groups in total. The second-order valence-electron chi connectivity index (χ2n) is 19.4. The Morgan fingerprint density at radius 3 is 2.02 bits per heavy atom. The lowest BCUT2D eigenvalue weighted by Crippen LogP contribution is -2.57. The van der Waals surface area contributed by atoms with E-state index in [1.54, 1.807) is 11.1 Å². The van der Waals surface area contributed by atoms with Crippen LogP contribution in [-0.4, -0.2) is 51.4 Å². The van der Waals surface area contributed by atoms with Crippen molar-refractivity contribution in [2.75, 3.05) is 0 Å². The van der Waals surface area contributed by atoms with Crippen LogP contribution >= 0.6 is 0 Å². The van der Waals surface area contributed by atoms with Crippen LogP contribution in [0.4, 0.5) is 0 Å². The summed E-state index contributed by atoms with van der Waals surface area (Å²) in [6, 6.07) is 0. The molecule has 5 nitrogen and oxygen atoms in total. The molecule has 0 bridgehead atoms. The average molecular weight is 693 g/mol. The van der Waals surface area contributed by atoms with Gasteiger partial charge in [-0.3, -0.25) is 4.79 Å². The molecule has 0 amide bonds. The van der Waals surface area contributed by atoms with E-state index in [1.165, 1.54) is 25.0 Å². The number of allylic oxidation sites excluding steroid dienone is 2. The molecule has 0 aromatic carbocycles. The fraction of sp³-hybridized carbons (Fsp3) is 0.861. The highest BCUT2D eigenvalue weighted by atomic mass is 28.4. The third kappa shape index (κ3) is 8.59. The Hall–Kier alpha value is -0.462. The predicted octanol–water partition coefficient (Wildman–Crippen LogP) is 10.5. The van der Waals surface area contributed by atoms with Crippen LogP contribution in [0.3, 0.4) is 0 Å². The minimum absolute atomic E-state index is 0.0144. The summed E-state index contributed by atoms with van der Waals surface area (Å²) in [5.74, 6) is 3.01. The molecule has 4 aliphatic carbocycles. The Balaban J connectivity index is 1.76. The average Bonchev–Trinajstić information content (AvgIpc) is 3.18. The molecule has 45 heavy (non-hydrogen) atoms. The summed E-state index contributed by atoms with van der Waals surface area (Å²) >= 11 is 0. The normalized spacial score (nSPS) is 34.8. The van der Waals surface area contributed by atoms with Gasteiger partial charge in [0.25, 0.3) is 5.97 Å². The Morgan fingerprint density at radius 1 is 0.844 bits per heavy atom. The van der Waals surface area contributed by atoms with E-state index in [0.717, 1.165) is 25.7 Å². The number of carbonyl (C=O) groups is 1. The van der Waals surface area contributed by atoms with Crippen molar-refractivity contribution in [3.63, 3.8) is 0 Å². The molecule has 2 unspecified atom stereocenters. The zero-order valence-electron chi connectivity index (χ0n) is 31.7. The highest BCUT2D eigenvalue weighted by Crippen LogP contribution is 2.68. The van der Waals surface area contributed by atoms with Crippen molar-refractivity contribution >= 4 is 39.2 Å². The summed E-state index contributed by atoms with van der Waals surface area (Å²) in [6.45, 7) is 34.9. The zero-order valence-corrected chi connectivity index (χ0v) is 35.7. The van der Waals surface area contributed by atoms with E-state index >= 15 is 0 Å². The fourth-order valence-electron chi connectivity index (χ4n) is 9.49. The zero-order chi connectivity index (χ0) is 34.0. The molecule has 0 heterocycles. The first kappa shape index (κ1) is 37.4. The largest absolute Gasteiger partial charge is 0.544 e. The standard InChI is InChI=1S/C36H68O5Si4/c1-25(16-19-33(37)41-45(13,14)15)28-17-18-29-34-30(24-32(36(28,29)3)40-44(10,11)12)35(2)21-20-27(38-42(4,5)6)22-26(35)23-31(34)39-43(7,8)9/h23,25,27-30,32H,16-22,24H2,1-15H3/t25-,27+,28-,29?,30?,32+,35+,36-/m1/s1. The van der Waals surface area contributed by atoms with Crippen molar-refractivity contribution in [1.29, 1.82) is 0 Å². The molecule has 4 rings (SSSR count). The summed E-state index contributed by atoms with van der Waals surface area (Å²) in [5.41, 5.74) is 3.30. The Morgan fingerprint density at radius 2 is 1.47 bits per heavy atom. The van der Waals surface area contributed by atoms with Gasteiger partial charge in [-0.2, -0.15) is 0 Å². The van der Waals surface area contributed by atoms with Gasteiger partial charge < -0.3 is 17.7 Å². The molecule has 0 aromatic rings. The van der Waals surface area contributed by atoms with Crippen molar-refractivity contribution in [1.82, 2.24) is 0 Å². The number of hydrogen-bond donors (Lipinski definition) is 0. The van der Waals surface area contributed by atoms with E-state index in [-0.39, 0.29) is 22.9 Å². The lowest BCUT2D eigenvalue weighted by Gasteiger charge is -2.59. The molecule has 8 atom stereocenters. The first-order valence-corrected chi connectivity index (χ1v) is 31.7. The molecule has 0 aliphatic heterocycles. The molecule has 3 fully saturated rings. The van der Waals surface area contributed by atoms with Crippen molar-refractivity contribution in [3.8, 4) is 0 Å². The summed E-state index contributed by atoms with van der Waals surface area (Å²) in [6.07, 6.45) is 11.2. The topological polar surface area (TPSA) is 54.0 Å². The van der Waals surface area contributed by atoms with Crippen LogP contribution in [0.15, 0.2) is 23.0 Å². The molecule has 0 spiro atoms. The smallest absolute Gasteiger partial charge is 0.292 e. The monoisotopic (exact) mass is 692 g/mol. The molecule has 9 heteroatoms. The summed E-state index contributed by atoms with van der Waals surface area (Å²) in [5, 5.41) is 0. The van der Waals surface area contributed by atoms with Gasteiger partial charge in [-0.05, 0) is 164 Å². The first-order valence-electron chi connectivity index (χ1n) is 18.0. The molecular weight excluding hydrogens is 625 g/mol. The molecule has 3 saturated carbocycles. The van der Waals surface area contributed by atoms with Gasteiger partial charge in [0.1, 0.15) is 5.76 Å². The molecule has 0 radical (unpaired) electrons. The number of rotatable bonds is 11. The van der Waals surface area contributed by atoms with Crippen molar-refractivity contribution in [2.45, 2.75) is 163 Å². The van der Waals surface area contributed by atoms with Crippen LogP contribution in [0.5, 0.6) is 0 Å². The van der Waals surface area contributed by atoms with Gasteiger partial charge in [0.15, 0.2) is 16.6 Å². The van der Waals surface area contributed by atoms with E-state index in [4.69, 9.17) is 17.7 Å². The Labute approximate surface area is 281 Å². The minimum atomic E-state index is -1.88. The second-order valence-corrected chi connectivity index (χ2v) is 37.2. The van der Waals surface area contributed by atoms with Crippen LogP contribution in [0.25, 0.3) is 0 Å². The Kier molecular flexibility index (Phi) is 10.6. The lowest BCUT2D eigenvalue weighted by molar-refractivity contribution is -0.135. The number of fused-ring (bicyclic) bond motifs is 5. The van der Waals surface area contributed by atoms with E-state index in [0.29, 0.717) is 36.2 Å². The molecule has 258 valence electrons. The van der Waals surface area contributed by atoms with Crippen molar-refractivity contribution in [3.05, 3.63) is 23.0 Å². The predicted molar refractivity (Wildman–Crippen MR) is 198 cm³/mol. The second kappa shape index (κ2) is 12.8. The van der Waals surface area contributed by atoms with Gasteiger partial charge in [0.05, 0.1) is 6.10 Å². The summed E-state index contributed by atoms with van der Waals surface area (Å²) in [4.78, 5) is 12.8. The van der Waals surface area contributed by atoms with Crippen LogP contribution in [0.1, 0.15) is 72.1 Å². The quantitative estimate of drug-likeness (QED) is 0.202. The summed E-state index contributed by atoms with van der Waals surface area (Å²) in [7, 11) is -7.21. The van der Waals surface area contributed by atoms with Gasteiger partial charge in [-0.1, -0.05) is 26.3 Å². The van der Waals surface area contributed by atoms with Gasteiger partial charge in [-0.25, -0.2) is 0 Å². The van der Waals surface area contributed by atoms with Crippen LogP contribution in [-0.2, 0) is 22.5 Å². The molecular formula is C36H68O5Si4. The molecule has 0 aromatic heterocycles. The Bertz CT molecular complexity index is 1170. The van der Waals surface area contributed by atoms with Gasteiger partial charge in [0.2, 0.25) is 16.6 Å². The van der Waals surface area contributed by atoms with E-state index in [1.807, 2.05) is 0 Å². The van der Waals surface area contributed by atoms with Gasteiger partial charge in [0, 0.05) is 17.9 Å². The molecule has 4 aliphatic rings. The van der Waals surface area contributed by atoms with Crippen molar-refractivity contribution < 1.29 is 22.5 Å². The van der Waals surface area contributed by atoms with Gasteiger partial charge in [-0.15, -0.1) is 0 Å². The minimum Gasteiger partial charge on any atom is -0.544 e. The van der Waals surface area contributed by atoms with Gasteiger partial charge >= 0.3 is 0 Å². The van der Waals surface area contributed by atoms with E-state index in [9.17, 15) is 4.79 Å². The third-order valence-corrected chi connectivity index (χ3v) is 14.8. The SMILES string of the molecule is C[C@H](CCC(=O)O[Si](C)(C)C)[C@H]1CCC2C3=C(O[Si](C)(C)C)C=C4C[C@@H](O[Si](C)(C)C)CC[C@]4(C)C3C[C@H](O[Si](C)(C)C)[C@@]21C. The summed E-state index contributed by atoms with van der Waals surface area (Å²) < 4.78 is 27.0.